The van der Waals surface area contributed by atoms with E-state index in [9.17, 15) is 41.5 Å². The fourth-order valence-corrected chi connectivity index (χ4v) is 13.3. The molecule has 2 atom stereocenters. The lowest BCUT2D eigenvalue weighted by molar-refractivity contribution is -0.133. The van der Waals surface area contributed by atoms with Gasteiger partial charge in [-0.3, -0.25) is 28.5 Å². The van der Waals surface area contributed by atoms with Gasteiger partial charge in [-0.25, -0.2) is 13.0 Å². The van der Waals surface area contributed by atoms with Crippen LogP contribution < -0.4 is 30.8 Å². The van der Waals surface area contributed by atoms with Gasteiger partial charge in [0.05, 0.1) is 35.2 Å². The van der Waals surface area contributed by atoms with Gasteiger partial charge in [0, 0.05) is 112 Å². The highest BCUT2D eigenvalue weighted by molar-refractivity contribution is 9.10. The van der Waals surface area contributed by atoms with Crippen LogP contribution in [-0.4, -0.2) is 136 Å². The summed E-state index contributed by atoms with van der Waals surface area (Å²) in [6.07, 6.45) is 2.39. The lowest BCUT2D eigenvalue weighted by atomic mass is 9.90. The number of piperazine rings is 1. The molecule has 0 saturated carbocycles. The monoisotopic (exact) mass is 1220 g/mol. The van der Waals surface area contributed by atoms with Crippen LogP contribution in [0, 0.1) is 0 Å². The fraction of sp³-hybridized carbons (Fsp3) is 0.492. The van der Waals surface area contributed by atoms with E-state index in [0.717, 1.165) is 76.2 Å². The minimum atomic E-state index is -4.90. The van der Waals surface area contributed by atoms with E-state index < -0.39 is 45.9 Å². The molecule has 1 aliphatic carbocycles. The molecule has 3 N–H and O–H groups in total. The zero-order valence-electron chi connectivity index (χ0n) is 47.5. The summed E-state index contributed by atoms with van der Waals surface area (Å²) in [6, 6.07) is 25.8. The van der Waals surface area contributed by atoms with Gasteiger partial charge in [0.2, 0.25) is 29.0 Å². The third-order valence-electron chi connectivity index (χ3n) is 14.4. The van der Waals surface area contributed by atoms with Crippen LogP contribution in [0.4, 0.5) is 5.69 Å². The van der Waals surface area contributed by atoms with Crippen LogP contribution >= 0.6 is 23.5 Å². The molecule has 1 saturated heterocycles. The molecule has 6 rings (SSSR count). The van der Waals surface area contributed by atoms with Crippen LogP contribution in [0.15, 0.2) is 89.3 Å². The molecule has 3 aliphatic rings. The first kappa shape index (κ1) is 64.2. The topological polar surface area (TPSA) is 240 Å². The summed E-state index contributed by atoms with van der Waals surface area (Å²) in [4.78, 5) is 72.1. The number of alkyl halides is 1. The Morgan fingerprint density at radius 3 is 2.05 bits per heavy atom. The molecule has 19 nitrogen and oxygen atoms in total. The Bertz CT molecular complexity index is 3150. The summed E-state index contributed by atoms with van der Waals surface area (Å²) in [7, 11) is -8.31. The van der Waals surface area contributed by atoms with Crippen molar-refractivity contribution in [2.75, 3.05) is 82.8 Å². The number of hydrogen-bond donors (Lipinski definition) is 3. The number of fused-ring (bicyclic) bond motifs is 2. The van der Waals surface area contributed by atoms with Crippen molar-refractivity contribution >= 4 is 79.8 Å². The van der Waals surface area contributed by atoms with Gasteiger partial charge in [-0.2, -0.15) is 0 Å². The van der Waals surface area contributed by atoms with E-state index in [2.05, 4.69) is 105 Å². The van der Waals surface area contributed by atoms with Gasteiger partial charge in [0.15, 0.2) is 0 Å². The Labute approximate surface area is 484 Å². The summed E-state index contributed by atoms with van der Waals surface area (Å²) in [5, 5.41) is 9.77. The van der Waals surface area contributed by atoms with Crippen LogP contribution in [0.5, 0.6) is 0 Å². The Morgan fingerprint density at radius 2 is 1.40 bits per heavy atom. The second kappa shape index (κ2) is 30.9. The van der Waals surface area contributed by atoms with Crippen molar-refractivity contribution < 1.29 is 55.0 Å². The molecule has 2 heterocycles. The first-order valence-corrected chi connectivity index (χ1v) is 32.4. The van der Waals surface area contributed by atoms with Gasteiger partial charge in [-0.05, 0) is 108 Å². The van der Waals surface area contributed by atoms with Crippen LogP contribution in [0.3, 0.4) is 0 Å². The Balaban J connectivity index is 0.942. The van der Waals surface area contributed by atoms with Crippen LogP contribution in [-0.2, 0) is 49.5 Å². The molecule has 5 amide bonds. The highest BCUT2D eigenvalue weighted by Gasteiger charge is 2.35. The standard InChI is InChI=1S/C59H79BrN7O12PS/c1-7-64(8-2)44-29-31-48-51(38-44)79-52-39-45(65(9-3)10-4)30-32-49(52)56(48)46-20-15-16-21-47(46)59(72)67-36-34-66(35-37-67)55(70)24-18-17-23-54(69)63-50(41-81(74,75)76)58(71)61-33-19-13-14-22-53(68)62-40-42-25-27-43(28-26-42)57(60)80(73,77-11-5)78-12-6/h15-16,20-21,25-32,38-39,50,57H,7-14,17-19,22-24,33-37,40-41H2,1-6H3,(H3-,61,62,63,68,69,71,74,75,76). The van der Waals surface area contributed by atoms with Crippen LogP contribution in [0.25, 0.3) is 33.4 Å². The normalized spacial score (nSPS) is 13.7. The molecule has 22 heteroatoms. The number of rotatable bonds is 30. The molecule has 440 valence electrons. The number of carbonyl (C=O) groups excluding carboxylic acids is 5. The van der Waals surface area contributed by atoms with Crippen molar-refractivity contribution in [3.8, 4) is 22.5 Å². The Hall–Kier alpha value is -5.96. The molecule has 1 fully saturated rings. The van der Waals surface area contributed by atoms with E-state index in [-0.39, 0.29) is 69.7 Å². The number of nitrogens with one attached hydrogen (secondary N) is 3. The Kier molecular flexibility index (Phi) is 24.5. The third-order valence-corrected chi connectivity index (χ3v) is 19.2. The number of carbonyl (C=O) groups is 5. The lowest BCUT2D eigenvalue weighted by Crippen LogP contribution is -2.50. The van der Waals surface area contributed by atoms with Gasteiger partial charge in [-0.15, -0.1) is 0 Å². The SMILES string of the molecule is CCOP(=O)(OCC)C(Br)c1ccc(CNC(=O)CCCCCNC(=O)C(CS(=O)(=O)[O-])NC(=O)CCCCC(=O)N2CCN(C(=O)c3ccccc3-c3c4ccc(=[N+](CC)CC)cc-4oc4cc(N(CC)CC)ccc34)CC2)cc1. The van der Waals surface area contributed by atoms with Gasteiger partial charge >= 0.3 is 7.60 Å². The van der Waals surface area contributed by atoms with E-state index >= 15 is 0 Å². The minimum absolute atomic E-state index is 0.108. The molecular formula is C59H79BrN7O12PS. The first-order chi connectivity index (χ1) is 38.9. The van der Waals surface area contributed by atoms with Crippen molar-refractivity contribution in [1.29, 1.82) is 0 Å². The largest absolute Gasteiger partial charge is 0.748 e. The average molecular weight is 1220 g/mol. The van der Waals surface area contributed by atoms with Crippen molar-refractivity contribution in [2.24, 2.45) is 0 Å². The molecule has 0 aromatic heterocycles. The van der Waals surface area contributed by atoms with E-state index in [4.69, 9.17) is 13.5 Å². The third kappa shape index (κ3) is 17.8. The summed E-state index contributed by atoms with van der Waals surface area (Å²) < 4.78 is 67.5. The van der Waals surface area contributed by atoms with Gasteiger partial charge in [0.1, 0.15) is 35.0 Å². The molecule has 3 aromatic carbocycles. The van der Waals surface area contributed by atoms with Crippen molar-refractivity contribution in [1.82, 2.24) is 30.3 Å². The quantitative estimate of drug-likeness (QED) is 0.00979. The number of hydrogen-bond acceptors (Lipinski definition) is 13. The van der Waals surface area contributed by atoms with Gasteiger partial charge < -0.3 is 48.7 Å². The first-order valence-electron chi connectivity index (χ1n) is 28.3. The molecule has 0 spiro atoms. The molecule has 0 radical (unpaired) electrons. The number of benzene rings is 4. The lowest BCUT2D eigenvalue weighted by Gasteiger charge is -2.35. The summed E-state index contributed by atoms with van der Waals surface area (Å²) in [5.74, 6) is -2.31. The molecular weight excluding hydrogens is 1140 g/mol. The highest BCUT2D eigenvalue weighted by atomic mass is 79.9. The zero-order chi connectivity index (χ0) is 58.7. The van der Waals surface area contributed by atoms with Crippen LogP contribution in [0.1, 0.15) is 119 Å². The summed E-state index contributed by atoms with van der Waals surface area (Å²) in [6.45, 7) is 17.5. The summed E-state index contributed by atoms with van der Waals surface area (Å²) in [5.41, 5.74) is 6.45. The smallest absolute Gasteiger partial charge is 0.348 e. The van der Waals surface area contributed by atoms with E-state index in [1.807, 2.05) is 36.4 Å². The number of halogens is 1. The van der Waals surface area contributed by atoms with Gasteiger partial charge in [0.25, 0.3) is 5.91 Å². The second-order valence-corrected chi connectivity index (χ2v) is 25.0. The van der Waals surface area contributed by atoms with E-state index in [1.54, 1.807) is 35.8 Å². The summed E-state index contributed by atoms with van der Waals surface area (Å²) >= 11 is 3.45. The van der Waals surface area contributed by atoms with Crippen molar-refractivity contribution in [3.63, 3.8) is 0 Å². The molecule has 0 bridgehead atoms. The van der Waals surface area contributed by atoms with Gasteiger partial charge in [-0.1, -0.05) is 64.8 Å². The fourth-order valence-electron chi connectivity index (χ4n) is 10.0. The van der Waals surface area contributed by atoms with Crippen molar-refractivity contribution in [3.05, 3.63) is 107 Å². The number of nitrogens with zero attached hydrogens (tertiary/aromatic N) is 4. The van der Waals surface area contributed by atoms with Crippen molar-refractivity contribution in [2.45, 2.75) is 110 Å². The predicted octanol–water partition coefficient (Wildman–Crippen LogP) is 8.39. The number of unbranched alkanes of at least 4 members (excludes halogenated alkanes) is 3. The van der Waals surface area contributed by atoms with E-state index in [0.29, 0.717) is 63.0 Å². The molecule has 3 aromatic rings. The maximum atomic E-state index is 14.5. The maximum absolute atomic E-state index is 14.5. The zero-order valence-corrected chi connectivity index (χ0v) is 50.8. The number of amides is 5. The molecule has 2 unspecified atom stereocenters. The Morgan fingerprint density at radius 1 is 0.753 bits per heavy atom. The average Bonchev–Trinajstić information content (AvgIpc) is 3.53. The predicted molar refractivity (Wildman–Crippen MR) is 318 cm³/mol. The van der Waals surface area contributed by atoms with Crippen LogP contribution in [0.2, 0.25) is 0 Å². The highest BCUT2D eigenvalue weighted by Crippen LogP contribution is 2.64. The number of anilines is 1. The second-order valence-electron chi connectivity index (χ2n) is 19.8. The van der Waals surface area contributed by atoms with E-state index in [1.165, 1.54) is 0 Å². The molecule has 81 heavy (non-hydrogen) atoms. The minimum Gasteiger partial charge on any atom is -0.748 e. The molecule has 2 aliphatic heterocycles. The maximum Gasteiger partial charge on any atom is 0.348 e.